The van der Waals surface area contributed by atoms with Gasteiger partial charge in [-0.15, -0.1) is 0 Å². The molecule has 0 aliphatic carbocycles. The van der Waals surface area contributed by atoms with Gasteiger partial charge in [-0.3, -0.25) is 4.79 Å². The Morgan fingerprint density at radius 1 is 1.44 bits per heavy atom. The molecule has 1 fully saturated rings. The van der Waals surface area contributed by atoms with E-state index in [-0.39, 0.29) is 24.4 Å². The number of likely N-dealkylation sites (tertiary alicyclic amines) is 1. The summed E-state index contributed by atoms with van der Waals surface area (Å²) < 4.78 is 26.4. The summed E-state index contributed by atoms with van der Waals surface area (Å²) in [4.78, 5) is 13.4. The SMILES string of the molecule is O=C(Cc1cccc(F)c1F)N1CCCC(O)C1. The van der Waals surface area contributed by atoms with Crippen LogP contribution < -0.4 is 0 Å². The van der Waals surface area contributed by atoms with Gasteiger partial charge in [-0.1, -0.05) is 12.1 Å². The van der Waals surface area contributed by atoms with Crippen molar-refractivity contribution in [2.45, 2.75) is 25.4 Å². The second-order valence-corrected chi connectivity index (χ2v) is 4.53. The molecule has 0 aromatic heterocycles. The second-order valence-electron chi connectivity index (χ2n) is 4.53. The molecule has 1 aromatic rings. The van der Waals surface area contributed by atoms with Gasteiger partial charge in [0, 0.05) is 18.7 Å². The van der Waals surface area contributed by atoms with E-state index in [2.05, 4.69) is 0 Å². The third kappa shape index (κ3) is 2.85. The minimum Gasteiger partial charge on any atom is -0.391 e. The van der Waals surface area contributed by atoms with E-state index in [0.717, 1.165) is 12.5 Å². The number of carbonyl (C=O) groups is 1. The van der Waals surface area contributed by atoms with E-state index in [4.69, 9.17) is 0 Å². The molecule has 0 saturated carbocycles. The first-order chi connectivity index (χ1) is 8.58. The zero-order chi connectivity index (χ0) is 13.1. The van der Waals surface area contributed by atoms with Crippen LogP contribution in [0.2, 0.25) is 0 Å². The lowest BCUT2D eigenvalue weighted by atomic mass is 10.1. The Balaban J connectivity index is 2.04. The van der Waals surface area contributed by atoms with Gasteiger partial charge in [0.1, 0.15) is 0 Å². The average molecular weight is 255 g/mol. The van der Waals surface area contributed by atoms with Crippen molar-refractivity contribution in [3.05, 3.63) is 35.4 Å². The quantitative estimate of drug-likeness (QED) is 0.869. The van der Waals surface area contributed by atoms with Crippen LogP contribution in [0.25, 0.3) is 0 Å². The molecular formula is C13H15F2NO2. The number of hydrogen-bond donors (Lipinski definition) is 1. The van der Waals surface area contributed by atoms with Crippen LogP contribution in [0.3, 0.4) is 0 Å². The number of benzene rings is 1. The molecule has 1 aromatic carbocycles. The van der Waals surface area contributed by atoms with Gasteiger partial charge in [0.2, 0.25) is 5.91 Å². The molecule has 3 nitrogen and oxygen atoms in total. The molecule has 0 spiro atoms. The molecule has 1 N–H and O–H groups in total. The standard InChI is InChI=1S/C13H15F2NO2/c14-11-5-1-3-9(13(11)15)7-12(18)16-6-2-4-10(17)8-16/h1,3,5,10,17H,2,4,6-8H2. The minimum absolute atomic E-state index is 0.0556. The van der Waals surface area contributed by atoms with Crippen molar-refractivity contribution in [3.8, 4) is 0 Å². The maximum atomic E-state index is 13.4. The fourth-order valence-corrected chi connectivity index (χ4v) is 2.14. The number of amides is 1. The highest BCUT2D eigenvalue weighted by atomic mass is 19.2. The first-order valence-electron chi connectivity index (χ1n) is 5.96. The number of rotatable bonds is 2. The number of halogens is 2. The van der Waals surface area contributed by atoms with Crippen LogP contribution in [-0.2, 0) is 11.2 Å². The lowest BCUT2D eigenvalue weighted by Gasteiger charge is -2.30. The fourth-order valence-electron chi connectivity index (χ4n) is 2.14. The van der Waals surface area contributed by atoms with Crippen LogP contribution >= 0.6 is 0 Å². The number of aliphatic hydroxyl groups is 1. The van der Waals surface area contributed by atoms with Crippen molar-refractivity contribution in [3.63, 3.8) is 0 Å². The van der Waals surface area contributed by atoms with Crippen LogP contribution in [0, 0.1) is 11.6 Å². The van der Waals surface area contributed by atoms with Gasteiger partial charge >= 0.3 is 0 Å². The van der Waals surface area contributed by atoms with Gasteiger partial charge in [0.15, 0.2) is 11.6 Å². The molecule has 1 amide bonds. The van der Waals surface area contributed by atoms with Crippen LogP contribution in [0.1, 0.15) is 18.4 Å². The number of piperidine rings is 1. The first-order valence-corrected chi connectivity index (χ1v) is 5.96. The van der Waals surface area contributed by atoms with Gasteiger partial charge in [0.05, 0.1) is 12.5 Å². The summed E-state index contributed by atoms with van der Waals surface area (Å²) in [6, 6.07) is 3.80. The Morgan fingerprint density at radius 2 is 2.22 bits per heavy atom. The van der Waals surface area contributed by atoms with Gasteiger partial charge in [-0.25, -0.2) is 8.78 Å². The summed E-state index contributed by atoms with van der Waals surface area (Å²) in [5, 5.41) is 9.47. The Hall–Kier alpha value is -1.49. The van der Waals surface area contributed by atoms with E-state index in [0.29, 0.717) is 13.0 Å². The topological polar surface area (TPSA) is 40.5 Å². The molecule has 1 heterocycles. The summed E-state index contributed by atoms with van der Waals surface area (Å²) in [5.41, 5.74) is 0.0556. The molecule has 1 atom stereocenters. The molecule has 5 heteroatoms. The van der Waals surface area contributed by atoms with Gasteiger partial charge in [-0.05, 0) is 18.9 Å². The predicted octanol–water partition coefficient (Wildman–Crippen LogP) is 1.49. The minimum atomic E-state index is -0.969. The molecule has 0 bridgehead atoms. The van der Waals surface area contributed by atoms with Crippen molar-refractivity contribution >= 4 is 5.91 Å². The zero-order valence-corrected chi connectivity index (χ0v) is 9.90. The lowest BCUT2D eigenvalue weighted by Crippen LogP contribution is -2.42. The van der Waals surface area contributed by atoms with Crippen molar-refractivity contribution in [2.75, 3.05) is 13.1 Å². The molecule has 18 heavy (non-hydrogen) atoms. The number of nitrogens with zero attached hydrogens (tertiary/aromatic N) is 1. The number of β-amino-alcohol motifs (C(OH)–C–C–N with tert-alkyl or cyclic N) is 1. The average Bonchev–Trinajstić information content (AvgIpc) is 2.35. The van der Waals surface area contributed by atoms with Crippen LogP contribution in [-0.4, -0.2) is 35.1 Å². The Bertz CT molecular complexity index is 451. The maximum Gasteiger partial charge on any atom is 0.227 e. The summed E-state index contributed by atoms with van der Waals surface area (Å²) in [6.07, 6.45) is 0.729. The lowest BCUT2D eigenvalue weighted by molar-refractivity contribution is -0.133. The first kappa shape index (κ1) is 13.0. The molecule has 0 radical (unpaired) electrons. The monoisotopic (exact) mass is 255 g/mol. The van der Waals surface area contributed by atoms with E-state index in [1.165, 1.54) is 17.0 Å². The number of hydrogen-bond acceptors (Lipinski definition) is 2. The fraction of sp³-hybridized carbons (Fsp3) is 0.462. The highest BCUT2D eigenvalue weighted by Crippen LogP contribution is 2.15. The van der Waals surface area contributed by atoms with Gasteiger partial charge in [-0.2, -0.15) is 0 Å². The molecule has 1 aliphatic rings. The third-order valence-corrected chi connectivity index (χ3v) is 3.12. The highest BCUT2D eigenvalue weighted by molar-refractivity contribution is 5.79. The smallest absolute Gasteiger partial charge is 0.227 e. The van der Waals surface area contributed by atoms with E-state index < -0.39 is 17.7 Å². The summed E-state index contributed by atoms with van der Waals surface area (Å²) in [7, 11) is 0. The van der Waals surface area contributed by atoms with Crippen molar-refractivity contribution in [2.24, 2.45) is 0 Å². The van der Waals surface area contributed by atoms with E-state index in [9.17, 15) is 18.7 Å². The normalized spacial score (nSPS) is 19.9. The van der Waals surface area contributed by atoms with E-state index in [1.54, 1.807) is 0 Å². The third-order valence-electron chi connectivity index (χ3n) is 3.12. The Labute approximate surface area is 104 Å². The summed E-state index contributed by atoms with van der Waals surface area (Å²) in [5.74, 6) is -2.19. The van der Waals surface area contributed by atoms with Crippen molar-refractivity contribution in [1.82, 2.24) is 4.90 Å². The van der Waals surface area contributed by atoms with E-state index in [1.807, 2.05) is 0 Å². The second kappa shape index (κ2) is 5.44. The molecule has 1 saturated heterocycles. The van der Waals surface area contributed by atoms with Crippen LogP contribution in [0.4, 0.5) is 8.78 Å². The predicted molar refractivity (Wildman–Crippen MR) is 61.9 cm³/mol. The van der Waals surface area contributed by atoms with Gasteiger partial charge in [0.25, 0.3) is 0 Å². The number of aliphatic hydroxyl groups excluding tert-OH is 1. The molecule has 1 unspecified atom stereocenters. The molecule has 98 valence electrons. The van der Waals surface area contributed by atoms with Crippen LogP contribution in [0.15, 0.2) is 18.2 Å². The Kier molecular flexibility index (Phi) is 3.91. The molecular weight excluding hydrogens is 240 g/mol. The molecule has 1 aliphatic heterocycles. The largest absolute Gasteiger partial charge is 0.391 e. The van der Waals surface area contributed by atoms with Crippen molar-refractivity contribution in [1.29, 1.82) is 0 Å². The van der Waals surface area contributed by atoms with E-state index >= 15 is 0 Å². The maximum absolute atomic E-state index is 13.4. The molecule has 2 rings (SSSR count). The van der Waals surface area contributed by atoms with Gasteiger partial charge < -0.3 is 10.0 Å². The number of carbonyl (C=O) groups excluding carboxylic acids is 1. The van der Waals surface area contributed by atoms with Crippen LogP contribution in [0.5, 0.6) is 0 Å². The zero-order valence-electron chi connectivity index (χ0n) is 9.90. The highest BCUT2D eigenvalue weighted by Gasteiger charge is 2.23. The Morgan fingerprint density at radius 3 is 2.94 bits per heavy atom. The van der Waals surface area contributed by atoms with Crippen molar-refractivity contribution < 1.29 is 18.7 Å². The summed E-state index contributed by atoms with van der Waals surface area (Å²) >= 11 is 0. The summed E-state index contributed by atoms with van der Waals surface area (Å²) in [6.45, 7) is 0.836.